The fourth-order valence-electron chi connectivity index (χ4n) is 6.11. The molecule has 9 N–H and O–H groups in total. The number of aliphatic hydroxyl groups is 1. The molecule has 1 aromatic carbocycles. The zero-order valence-corrected chi connectivity index (χ0v) is 29.6. The predicted molar refractivity (Wildman–Crippen MR) is 182 cm³/mol. The number of nitrogens with one attached hydrogen (secondary N) is 2. The van der Waals surface area contributed by atoms with Gasteiger partial charge in [-0.25, -0.2) is 9.78 Å². The Labute approximate surface area is 296 Å². The van der Waals surface area contributed by atoms with Crippen LogP contribution < -0.4 is 26.8 Å². The number of ether oxygens (including phenoxy) is 1. The van der Waals surface area contributed by atoms with E-state index in [2.05, 4.69) is 30.0 Å². The number of carbonyl (C=O) groups is 3. The molecule has 2 aromatic rings. The van der Waals surface area contributed by atoms with E-state index in [1.54, 1.807) is 12.1 Å². The monoisotopic (exact) mass is 752 g/mol. The number of aryl methyl sites for hydroxylation is 1. The number of nitrogen functional groups attached to an aromatic ring is 1. The van der Waals surface area contributed by atoms with Gasteiger partial charge in [0, 0.05) is 17.6 Å². The molecule has 0 spiro atoms. The van der Waals surface area contributed by atoms with E-state index in [9.17, 15) is 33.0 Å². The van der Waals surface area contributed by atoms with Gasteiger partial charge >= 0.3 is 16.4 Å². The first-order valence-corrected chi connectivity index (χ1v) is 18.1. The van der Waals surface area contributed by atoms with E-state index in [4.69, 9.17) is 25.6 Å². The minimum atomic E-state index is -5.04. The maximum Gasteiger partial charge on any atom is 0.418 e. The largest absolute Gasteiger partial charge is 0.485 e. The van der Waals surface area contributed by atoms with Gasteiger partial charge in [0.2, 0.25) is 0 Å². The van der Waals surface area contributed by atoms with Crippen molar-refractivity contribution in [3.05, 3.63) is 40.4 Å². The van der Waals surface area contributed by atoms with Gasteiger partial charge in [-0.05, 0) is 83.2 Å². The minimum Gasteiger partial charge on any atom is -0.485 e. The van der Waals surface area contributed by atoms with Crippen LogP contribution in [0.2, 0.25) is 0 Å². The molecule has 1 fully saturated rings. The van der Waals surface area contributed by atoms with Crippen molar-refractivity contribution in [3.63, 3.8) is 0 Å². The van der Waals surface area contributed by atoms with Crippen LogP contribution in [-0.4, -0.2) is 111 Å². The Morgan fingerprint density at radius 1 is 1.31 bits per heavy atom. The molecule has 0 unspecified atom stereocenters. The van der Waals surface area contributed by atoms with Crippen LogP contribution in [0.3, 0.4) is 0 Å². The molecule has 1 aromatic heterocycles. The Hall–Kier alpha value is -4.41. The average Bonchev–Trinajstić information content (AvgIpc) is 3.70. The lowest BCUT2D eigenvalue weighted by Crippen LogP contribution is -2.76. The van der Waals surface area contributed by atoms with Crippen LogP contribution in [0.4, 0.5) is 5.13 Å². The molecular formula is C30H40N8O11S2. The molecule has 1 saturated heterocycles. The number of fused-ring (bicyclic) bond motifs is 1. The smallest absolute Gasteiger partial charge is 0.418 e. The van der Waals surface area contributed by atoms with Crippen molar-refractivity contribution in [1.29, 1.82) is 0 Å². The summed E-state index contributed by atoms with van der Waals surface area (Å²) in [7, 11) is -5.04. The van der Waals surface area contributed by atoms with E-state index in [0.717, 1.165) is 35.3 Å². The number of β-lactam (4-membered cyclic amide) rings is 1. The molecule has 2 amide bonds. The van der Waals surface area contributed by atoms with E-state index in [1.807, 2.05) is 6.07 Å². The maximum absolute atomic E-state index is 13.5. The van der Waals surface area contributed by atoms with Crippen molar-refractivity contribution in [2.45, 2.75) is 81.7 Å². The van der Waals surface area contributed by atoms with Crippen LogP contribution >= 0.6 is 11.3 Å². The number of nitrogens with zero attached hydrogens (tertiary/aromatic N) is 4. The summed E-state index contributed by atoms with van der Waals surface area (Å²) in [6.45, 7) is 5.01. The van der Waals surface area contributed by atoms with Gasteiger partial charge < -0.3 is 41.9 Å². The summed E-state index contributed by atoms with van der Waals surface area (Å²) >= 11 is 0.962. The Kier molecular flexibility index (Phi) is 10.6. The number of anilines is 1. The van der Waals surface area contributed by atoms with Crippen LogP contribution in [0.15, 0.2) is 33.7 Å². The summed E-state index contributed by atoms with van der Waals surface area (Å²) < 4.78 is 41.8. The number of aliphatic carboxylic acids is 1. The van der Waals surface area contributed by atoms with Crippen LogP contribution in [0.5, 0.6) is 5.75 Å². The minimum absolute atomic E-state index is 0.00443. The summed E-state index contributed by atoms with van der Waals surface area (Å²) in [5.74, 6) is -2.36. The summed E-state index contributed by atoms with van der Waals surface area (Å²) in [4.78, 5) is 53.2. The molecule has 3 aliphatic rings. The number of oxime groups is 1. The highest BCUT2D eigenvalue weighted by atomic mass is 32.3. The second-order valence-electron chi connectivity index (χ2n) is 13.1. The van der Waals surface area contributed by atoms with Gasteiger partial charge in [0.25, 0.3) is 17.4 Å². The van der Waals surface area contributed by atoms with E-state index < -0.39 is 57.2 Å². The Morgan fingerprint density at radius 3 is 2.67 bits per heavy atom. The molecule has 4 atom stereocenters. The van der Waals surface area contributed by atoms with Gasteiger partial charge in [-0.2, -0.15) is 13.5 Å². The highest BCUT2D eigenvalue weighted by Gasteiger charge is 2.58. The number of thiazole rings is 1. The molecule has 51 heavy (non-hydrogen) atoms. The third kappa shape index (κ3) is 7.77. The number of rotatable bonds is 15. The molecule has 0 saturated carbocycles. The van der Waals surface area contributed by atoms with Crippen molar-refractivity contribution >= 4 is 56.2 Å². The van der Waals surface area contributed by atoms with E-state index in [-0.39, 0.29) is 29.4 Å². The number of aliphatic hydroxyl groups excluding tert-OH is 1. The number of amidine groups is 1. The highest BCUT2D eigenvalue weighted by molar-refractivity contribution is 7.80. The first-order chi connectivity index (χ1) is 23.9. The van der Waals surface area contributed by atoms with E-state index in [0.29, 0.717) is 42.6 Å². The van der Waals surface area contributed by atoms with E-state index in [1.165, 1.54) is 26.2 Å². The van der Waals surface area contributed by atoms with Gasteiger partial charge in [0.15, 0.2) is 16.9 Å². The van der Waals surface area contributed by atoms with Crippen molar-refractivity contribution in [2.75, 3.05) is 25.4 Å². The maximum atomic E-state index is 13.5. The van der Waals surface area contributed by atoms with Gasteiger partial charge in [-0.3, -0.25) is 19.1 Å². The molecular weight excluding hydrogens is 713 g/mol. The summed E-state index contributed by atoms with van der Waals surface area (Å²) in [5, 5.41) is 31.6. The zero-order valence-electron chi connectivity index (χ0n) is 28.0. The zero-order chi connectivity index (χ0) is 37.4. The standard InChI is InChI=1S/C30H40N8O11S2/c1-28(2)22(25(41)38(28)49-51(44,45)46)35-24(40)21(18-14-50-27(32)34-18)37-48-29(3,26(42)43)20-8-6-16-13-17(5-7-19(16)47-20)23-33-15-30(36-23,10-12-39)9-4-11-31/h5,7,13-14,20,22,39H,4,6,8-12,15,31H2,1-3H3,(H2,32,34)(H,33,36)(H,35,40)(H,42,43)(H,44,45,46)/b37-21-/t20-,22-,29+,30+/m1/s1. The number of carboxylic acid groups (broad SMARTS) is 1. The van der Waals surface area contributed by atoms with Gasteiger partial charge in [-0.15, -0.1) is 15.6 Å². The fourth-order valence-corrected chi connectivity index (χ4v) is 7.11. The fraction of sp³-hybridized carbons (Fsp3) is 0.533. The third-order valence-corrected chi connectivity index (χ3v) is 10.1. The predicted octanol–water partition coefficient (Wildman–Crippen LogP) is -0.267. The highest BCUT2D eigenvalue weighted by Crippen LogP contribution is 2.36. The van der Waals surface area contributed by atoms with Crippen molar-refractivity contribution < 1.29 is 51.4 Å². The van der Waals surface area contributed by atoms with Gasteiger partial charge in [0.05, 0.1) is 17.6 Å². The summed E-state index contributed by atoms with van der Waals surface area (Å²) in [6, 6.07) is 4.07. The Bertz CT molecular complexity index is 1870. The summed E-state index contributed by atoms with van der Waals surface area (Å²) in [6.07, 6.45) is 1.58. The number of hydroxylamine groups is 2. The number of aliphatic imine (C=N–C) groups is 1. The number of aromatic nitrogens is 1. The van der Waals surface area contributed by atoms with Gasteiger partial charge in [-0.1, -0.05) is 5.16 Å². The SMILES string of the molecule is CC1(C)[C@H](NC(=O)/C(=N\O[C@](C)(C(=O)O)[C@H]2CCc3cc(C4=NC[C@@](CCO)(CCCN)N4)ccc3O2)c2csc(N)n2)C(=O)N1OS(=O)(=O)O. The number of hydrogen-bond acceptors (Lipinski definition) is 16. The second-order valence-corrected chi connectivity index (χ2v) is 15.0. The number of carbonyl (C=O) groups excluding carboxylic acids is 2. The van der Waals surface area contributed by atoms with Gasteiger partial charge in [0.1, 0.15) is 23.3 Å². The molecule has 278 valence electrons. The van der Waals surface area contributed by atoms with Crippen molar-refractivity contribution in [1.82, 2.24) is 20.7 Å². The molecule has 0 aliphatic carbocycles. The number of hydrogen-bond donors (Lipinski definition) is 7. The second kappa shape index (κ2) is 14.3. The first kappa shape index (κ1) is 37.8. The third-order valence-electron chi connectivity index (χ3n) is 9.12. The molecule has 19 nitrogen and oxygen atoms in total. The first-order valence-electron chi connectivity index (χ1n) is 15.9. The molecule has 4 heterocycles. The molecule has 3 aliphatic heterocycles. The topological polar surface area (TPSA) is 291 Å². The number of amides is 2. The molecule has 5 rings (SSSR count). The molecule has 0 radical (unpaired) electrons. The molecule has 21 heteroatoms. The molecule has 0 bridgehead atoms. The lowest BCUT2D eigenvalue weighted by atomic mass is 9.84. The van der Waals surface area contributed by atoms with Crippen molar-refractivity contribution in [2.24, 2.45) is 15.9 Å². The lowest BCUT2D eigenvalue weighted by Gasteiger charge is -2.50. The normalized spacial score (nSPS) is 24.0. The van der Waals surface area contributed by atoms with Crippen LogP contribution in [0.25, 0.3) is 0 Å². The average molecular weight is 753 g/mol. The van der Waals surface area contributed by atoms with E-state index >= 15 is 0 Å². The van der Waals surface area contributed by atoms with Crippen molar-refractivity contribution in [3.8, 4) is 5.75 Å². The Balaban J connectivity index is 1.34. The number of benzene rings is 1. The Morgan fingerprint density at radius 2 is 2.06 bits per heavy atom. The summed E-state index contributed by atoms with van der Waals surface area (Å²) in [5.41, 5.74) is 8.54. The van der Waals surface area contributed by atoms with Crippen LogP contribution in [-0.2, 0) is 40.3 Å². The lowest BCUT2D eigenvalue weighted by molar-refractivity contribution is -0.218. The number of nitrogens with two attached hydrogens (primary N) is 2. The number of carboxylic acids is 1. The van der Waals surface area contributed by atoms with Crippen LogP contribution in [0.1, 0.15) is 63.3 Å². The van der Waals surface area contributed by atoms with Crippen LogP contribution in [0, 0.1) is 0 Å². The quantitative estimate of drug-likeness (QED) is 0.0534.